The average Bonchev–Trinajstić information content (AvgIpc) is 2.65. The Morgan fingerprint density at radius 2 is 1.90 bits per heavy atom. The minimum atomic E-state index is -3.35. The third-order valence-corrected chi connectivity index (χ3v) is 4.50. The van der Waals surface area contributed by atoms with Crippen LogP contribution in [0.2, 0.25) is 0 Å². The monoisotopic (exact) mass is 433 g/mol. The summed E-state index contributed by atoms with van der Waals surface area (Å²) in [4.78, 5) is 21.7. The zero-order chi connectivity index (χ0) is 22.4. The summed E-state index contributed by atoms with van der Waals surface area (Å²) >= 11 is 0. The Bertz CT molecular complexity index is 999. The molecule has 1 aromatic heterocycles. The molecular weight excluding hydrogens is 406 g/mol. The number of methoxy groups -OCH3 is 1. The molecule has 0 aliphatic carbocycles. The molecule has 0 aliphatic rings. The average molecular weight is 434 g/mol. The quantitative estimate of drug-likeness (QED) is 0.682. The number of hydrogen-bond donors (Lipinski definition) is 1. The Morgan fingerprint density at radius 3 is 2.47 bits per heavy atom. The maximum atomic E-state index is 12.9. The van der Waals surface area contributed by atoms with E-state index in [4.69, 9.17) is 9.47 Å². The Hall–Kier alpha value is -2.78. The van der Waals surface area contributed by atoms with E-state index < -0.39 is 21.8 Å². The number of nitrogens with one attached hydrogen (secondary N) is 1. The molecule has 9 heteroatoms. The molecular formula is C21H27N3O5S. The fourth-order valence-electron chi connectivity index (χ4n) is 2.37. The summed E-state index contributed by atoms with van der Waals surface area (Å²) in [6, 6.07) is 8.32. The van der Waals surface area contributed by atoms with E-state index in [0.717, 1.165) is 11.7 Å². The van der Waals surface area contributed by atoms with Crippen molar-refractivity contribution >= 4 is 15.7 Å². The molecule has 0 fully saturated rings. The molecule has 2 rings (SSSR count). The van der Waals surface area contributed by atoms with Crippen LogP contribution in [-0.2, 0) is 20.0 Å². The van der Waals surface area contributed by atoms with Crippen molar-refractivity contribution in [2.24, 2.45) is 0 Å². The number of amides is 1. The number of rotatable bonds is 8. The van der Waals surface area contributed by atoms with Crippen molar-refractivity contribution < 1.29 is 22.7 Å². The normalized spacial score (nSPS) is 13.2. The van der Waals surface area contributed by atoms with Crippen LogP contribution in [0.25, 0.3) is 0 Å². The van der Waals surface area contributed by atoms with Gasteiger partial charge in [-0.1, -0.05) is 39.0 Å². The van der Waals surface area contributed by atoms with Crippen LogP contribution in [0, 0.1) is 0 Å². The van der Waals surface area contributed by atoms with Gasteiger partial charge >= 0.3 is 0 Å². The third-order valence-electron chi connectivity index (χ3n) is 3.85. The zero-order valence-corrected chi connectivity index (χ0v) is 18.6. The minimum Gasteiger partial charge on any atom is -0.438 e. The number of ether oxygens (including phenoxy) is 2. The van der Waals surface area contributed by atoms with E-state index >= 15 is 0 Å². The molecule has 0 spiro atoms. The van der Waals surface area contributed by atoms with Gasteiger partial charge in [0.25, 0.3) is 5.91 Å². The number of para-hydroxylation sites is 1. The van der Waals surface area contributed by atoms with Crippen LogP contribution in [0.1, 0.15) is 37.0 Å². The van der Waals surface area contributed by atoms with Crippen LogP contribution in [0.5, 0.6) is 11.6 Å². The first-order valence-corrected chi connectivity index (χ1v) is 11.2. The van der Waals surface area contributed by atoms with Crippen molar-refractivity contribution in [3.8, 4) is 11.6 Å². The molecule has 162 valence electrons. The van der Waals surface area contributed by atoms with Crippen molar-refractivity contribution in [1.82, 2.24) is 15.3 Å². The van der Waals surface area contributed by atoms with E-state index in [1.807, 2.05) is 39.0 Å². The van der Waals surface area contributed by atoms with Gasteiger partial charge in [0, 0.05) is 30.4 Å². The molecule has 0 saturated carbocycles. The van der Waals surface area contributed by atoms with Crippen LogP contribution in [0.15, 0.2) is 48.0 Å². The van der Waals surface area contributed by atoms with E-state index in [9.17, 15) is 13.2 Å². The Morgan fingerprint density at radius 1 is 1.23 bits per heavy atom. The van der Waals surface area contributed by atoms with Crippen molar-refractivity contribution in [2.45, 2.75) is 32.2 Å². The van der Waals surface area contributed by atoms with Crippen LogP contribution in [-0.4, -0.2) is 50.3 Å². The lowest BCUT2D eigenvalue weighted by molar-refractivity contribution is 0.0912. The van der Waals surface area contributed by atoms with Crippen LogP contribution in [0.3, 0.4) is 0 Å². The highest BCUT2D eigenvalue weighted by Crippen LogP contribution is 2.26. The van der Waals surface area contributed by atoms with Crippen molar-refractivity contribution in [2.75, 3.05) is 20.0 Å². The van der Waals surface area contributed by atoms with Gasteiger partial charge in [0.1, 0.15) is 17.1 Å². The smallest absolute Gasteiger partial charge is 0.258 e. The van der Waals surface area contributed by atoms with Crippen LogP contribution >= 0.6 is 0 Å². The van der Waals surface area contributed by atoms with E-state index in [0.29, 0.717) is 11.6 Å². The summed E-state index contributed by atoms with van der Waals surface area (Å²) in [5.74, 6) is 0.648. The van der Waals surface area contributed by atoms with Crippen molar-refractivity contribution in [3.63, 3.8) is 0 Å². The van der Waals surface area contributed by atoms with E-state index in [1.165, 1.54) is 19.4 Å². The summed E-state index contributed by atoms with van der Waals surface area (Å²) in [5, 5.41) is 3.74. The van der Waals surface area contributed by atoms with Gasteiger partial charge in [-0.15, -0.1) is 0 Å². The van der Waals surface area contributed by atoms with Crippen molar-refractivity contribution in [1.29, 1.82) is 0 Å². The molecule has 2 aromatic rings. The lowest BCUT2D eigenvalue weighted by atomic mass is 9.95. The third kappa shape index (κ3) is 7.23. The highest BCUT2D eigenvalue weighted by Gasteiger charge is 2.24. The highest BCUT2D eigenvalue weighted by molar-refractivity contribution is 7.93. The number of hydrogen-bond acceptors (Lipinski definition) is 7. The van der Waals surface area contributed by atoms with Crippen molar-refractivity contribution in [3.05, 3.63) is 59.4 Å². The van der Waals surface area contributed by atoms with Crippen LogP contribution in [0.4, 0.5) is 0 Å². The number of sulfone groups is 1. The first kappa shape index (κ1) is 23.5. The molecule has 0 radical (unpaired) electrons. The van der Waals surface area contributed by atoms with Crippen LogP contribution < -0.4 is 10.1 Å². The second kappa shape index (κ2) is 9.82. The summed E-state index contributed by atoms with van der Waals surface area (Å²) < 4.78 is 33.7. The van der Waals surface area contributed by atoms with Gasteiger partial charge in [-0.25, -0.2) is 13.4 Å². The van der Waals surface area contributed by atoms with E-state index in [2.05, 4.69) is 15.3 Å². The largest absolute Gasteiger partial charge is 0.438 e. The first-order valence-electron chi connectivity index (χ1n) is 9.28. The van der Waals surface area contributed by atoms with Gasteiger partial charge in [0.2, 0.25) is 5.88 Å². The van der Waals surface area contributed by atoms with Gasteiger partial charge in [-0.05, 0) is 18.2 Å². The number of aromatic nitrogens is 2. The lowest BCUT2D eigenvalue weighted by Gasteiger charge is -2.19. The zero-order valence-electron chi connectivity index (χ0n) is 17.7. The molecule has 0 bridgehead atoms. The summed E-state index contributed by atoms with van der Waals surface area (Å²) in [7, 11) is -1.89. The van der Waals surface area contributed by atoms with Gasteiger partial charge in [0.15, 0.2) is 9.84 Å². The second-order valence-electron chi connectivity index (χ2n) is 7.77. The maximum Gasteiger partial charge on any atom is 0.258 e. The second-order valence-corrected chi connectivity index (χ2v) is 9.70. The van der Waals surface area contributed by atoms with Gasteiger partial charge < -0.3 is 14.8 Å². The number of nitrogens with zero attached hydrogens (tertiary/aromatic N) is 2. The number of benzene rings is 1. The summed E-state index contributed by atoms with van der Waals surface area (Å²) in [6.07, 6.45) is 3.84. The first-order chi connectivity index (χ1) is 14.0. The fraction of sp³-hybridized carbons (Fsp3) is 0.381. The minimum absolute atomic E-state index is 0.0908. The van der Waals surface area contributed by atoms with E-state index in [1.54, 1.807) is 12.1 Å². The molecule has 0 unspecified atom stereocenters. The number of carbonyl (C=O) groups excluding carboxylic acids is 1. The molecule has 1 atom stereocenters. The predicted molar refractivity (Wildman–Crippen MR) is 114 cm³/mol. The standard InChI is InChI=1S/C21H27N3O5S/c1-21(2,3)20-22-13-17(19(24-20)29-16-9-7-6-8-10-16)18(25)23-15(14-28-4)11-12-30(5,26)27/h6-13,15H,14H2,1-5H3,(H,23,25)/b12-11+/t15-/m0/s1. The van der Waals surface area contributed by atoms with E-state index in [-0.39, 0.29) is 23.5 Å². The van der Waals surface area contributed by atoms with Gasteiger partial charge in [-0.3, -0.25) is 4.79 Å². The summed E-state index contributed by atoms with van der Waals surface area (Å²) in [6.45, 7) is 5.96. The maximum absolute atomic E-state index is 12.9. The molecule has 8 nitrogen and oxygen atoms in total. The molecule has 1 aromatic carbocycles. The molecule has 1 N–H and O–H groups in total. The SMILES string of the molecule is COC[C@H](/C=C/S(C)(=O)=O)NC(=O)c1cnc(C(C)(C)C)nc1Oc1ccccc1. The fourth-order valence-corrected chi connectivity index (χ4v) is 2.84. The number of carbonyl (C=O) groups is 1. The van der Waals surface area contributed by atoms with Gasteiger partial charge in [0.05, 0.1) is 12.6 Å². The topological polar surface area (TPSA) is 107 Å². The predicted octanol–water partition coefficient (Wildman–Crippen LogP) is 2.87. The molecule has 1 amide bonds. The highest BCUT2D eigenvalue weighted by atomic mass is 32.2. The summed E-state index contributed by atoms with van der Waals surface area (Å²) in [5.41, 5.74) is -0.221. The molecule has 0 aliphatic heterocycles. The van der Waals surface area contributed by atoms with Gasteiger partial charge in [-0.2, -0.15) is 4.98 Å². The Labute approximate surface area is 177 Å². The lowest BCUT2D eigenvalue weighted by Crippen LogP contribution is -2.37. The molecule has 1 heterocycles. The Kier molecular flexibility index (Phi) is 7.69. The Balaban J connectivity index is 2.37. The molecule has 0 saturated heterocycles. The molecule has 30 heavy (non-hydrogen) atoms.